The van der Waals surface area contributed by atoms with E-state index in [1.54, 1.807) is 6.08 Å². The van der Waals surface area contributed by atoms with Crippen LogP contribution in [0, 0.1) is 0 Å². The second-order valence-electron chi connectivity index (χ2n) is 3.01. The van der Waals surface area contributed by atoms with Gasteiger partial charge in [0.05, 0.1) is 6.26 Å². The number of rotatable bonds is 5. The van der Waals surface area contributed by atoms with Gasteiger partial charge in [0.15, 0.2) is 0 Å². The van der Waals surface area contributed by atoms with Crippen molar-refractivity contribution in [3.05, 3.63) is 42.2 Å². The zero-order chi connectivity index (χ0) is 12.0. The third-order valence-electron chi connectivity index (χ3n) is 1.62. The number of hydrogen-bond acceptors (Lipinski definition) is 3. The summed E-state index contributed by atoms with van der Waals surface area (Å²) in [5, 5.41) is 0. The first kappa shape index (κ1) is 17.5. The maximum absolute atomic E-state index is 10.4. The van der Waals surface area contributed by atoms with Crippen LogP contribution in [-0.2, 0) is 13.8 Å². The van der Waals surface area contributed by atoms with Gasteiger partial charge in [-0.2, -0.15) is 0 Å². The number of benzene rings is 1. The van der Waals surface area contributed by atoms with E-state index in [1.165, 1.54) is 13.2 Å². The first-order chi connectivity index (χ1) is 7.47. The van der Waals surface area contributed by atoms with Crippen LogP contribution in [0.5, 0.6) is 0 Å². The van der Waals surface area contributed by atoms with Crippen molar-refractivity contribution in [3.63, 3.8) is 0 Å². The van der Waals surface area contributed by atoms with Crippen molar-refractivity contribution in [2.75, 3.05) is 0 Å². The van der Waals surface area contributed by atoms with Gasteiger partial charge in [0, 0.05) is 0 Å². The van der Waals surface area contributed by atoms with E-state index in [-0.39, 0.29) is 51.4 Å². The fraction of sp³-hybridized carbons (Fsp3) is 0.200. The average molecular weight is 284 g/mol. The molecule has 1 atom stereocenters. The van der Waals surface area contributed by atoms with Crippen molar-refractivity contribution < 1.29 is 23.6 Å². The zero-order valence-electron chi connectivity index (χ0n) is 8.69. The molecule has 2 N–H and O–H groups in total. The molecule has 0 fully saturated rings. The van der Waals surface area contributed by atoms with Crippen molar-refractivity contribution in [1.82, 2.24) is 0 Å². The second kappa shape index (κ2) is 8.58. The van der Waals surface area contributed by atoms with Gasteiger partial charge in [-0.1, -0.05) is 30.3 Å². The van der Waals surface area contributed by atoms with Gasteiger partial charge in [-0.25, -0.2) is 9.09 Å². The summed E-state index contributed by atoms with van der Waals surface area (Å²) in [6, 6.07) is 9.37. The van der Waals surface area contributed by atoms with Crippen molar-refractivity contribution in [2.24, 2.45) is 0 Å². The molecule has 0 aliphatic heterocycles. The number of phosphoric acid groups is 1. The summed E-state index contributed by atoms with van der Waals surface area (Å²) in [6.07, 6.45) is 2.00. The van der Waals surface area contributed by atoms with Crippen molar-refractivity contribution in [2.45, 2.75) is 13.2 Å². The Bertz CT molecular complexity index is 389. The number of hydrogen-bond donors (Lipinski definition) is 2. The third kappa shape index (κ3) is 9.13. The molecule has 0 saturated heterocycles. The Kier molecular flexibility index (Phi) is 8.84. The van der Waals surface area contributed by atoms with Gasteiger partial charge in [0.1, 0.15) is 0 Å². The Labute approximate surface area is 142 Å². The molecule has 0 saturated carbocycles. The van der Waals surface area contributed by atoms with Crippen LogP contribution in [0.15, 0.2) is 36.6 Å². The molecule has 90 valence electrons. The van der Waals surface area contributed by atoms with E-state index in [2.05, 4.69) is 4.52 Å². The van der Waals surface area contributed by atoms with Crippen LogP contribution in [0.2, 0.25) is 0 Å². The Balaban J connectivity index is 0.00000256. The summed E-state index contributed by atoms with van der Waals surface area (Å²) in [5.74, 6) is 0. The van der Waals surface area contributed by atoms with E-state index in [0.29, 0.717) is 0 Å². The maximum atomic E-state index is 10.4. The standard InChI is InChI=1S/C10H13O5P.K.H/c1-9(15-16(11,12)13)14-8-7-10-5-3-2-4-6-10;;/h2-9H,1H3,(H2,11,12,13);;/b8-7+;;. The van der Waals surface area contributed by atoms with Crippen LogP contribution in [0.3, 0.4) is 0 Å². The normalized spacial score (nSPS) is 13.1. The van der Waals surface area contributed by atoms with Crippen LogP contribution in [-0.4, -0.2) is 67.5 Å². The molecule has 0 aromatic heterocycles. The minimum absolute atomic E-state index is 0. The van der Waals surface area contributed by atoms with Crippen molar-refractivity contribution in [1.29, 1.82) is 0 Å². The quantitative estimate of drug-likeness (QED) is 0.371. The molecular formula is C10H14KO5P. The molecule has 1 aromatic carbocycles. The van der Waals surface area contributed by atoms with E-state index >= 15 is 0 Å². The molecule has 1 rings (SSSR count). The van der Waals surface area contributed by atoms with E-state index in [1.807, 2.05) is 30.3 Å². The first-order valence-corrected chi connectivity index (χ1v) is 6.11. The predicted octanol–water partition coefficient (Wildman–Crippen LogP) is 1.48. The van der Waals surface area contributed by atoms with E-state index < -0.39 is 14.1 Å². The first-order valence-electron chi connectivity index (χ1n) is 4.58. The molecule has 0 radical (unpaired) electrons. The molecule has 0 aliphatic carbocycles. The Hall–Kier alpha value is 0.506. The molecule has 7 heteroatoms. The zero-order valence-corrected chi connectivity index (χ0v) is 9.58. The third-order valence-corrected chi connectivity index (χ3v) is 2.19. The van der Waals surface area contributed by atoms with Crippen LogP contribution in [0.4, 0.5) is 0 Å². The fourth-order valence-corrected chi connectivity index (χ4v) is 1.45. The van der Waals surface area contributed by atoms with Gasteiger partial charge >= 0.3 is 59.2 Å². The van der Waals surface area contributed by atoms with E-state index in [9.17, 15) is 4.57 Å². The summed E-state index contributed by atoms with van der Waals surface area (Å²) in [4.78, 5) is 17.0. The molecule has 1 unspecified atom stereocenters. The summed E-state index contributed by atoms with van der Waals surface area (Å²) < 4.78 is 19.6. The summed E-state index contributed by atoms with van der Waals surface area (Å²) in [7, 11) is -4.49. The Morgan fingerprint density at radius 2 is 1.88 bits per heavy atom. The molecule has 0 amide bonds. The predicted molar refractivity (Wildman–Crippen MR) is 66.3 cm³/mol. The van der Waals surface area contributed by atoms with Crippen molar-refractivity contribution >= 4 is 65.3 Å². The van der Waals surface area contributed by atoms with Gasteiger partial charge in [0.25, 0.3) is 0 Å². The SMILES string of the molecule is CC(O/C=C/c1ccccc1)OP(=O)(O)O.[KH]. The molecule has 5 nitrogen and oxygen atoms in total. The summed E-state index contributed by atoms with van der Waals surface area (Å²) in [5.41, 5.74) is 0.922. The molecular weight excluding hydrogens is 270 g/mol. The monoisotopic (exact) mass is 284 g/mol. The molecule has 0 aliphatic rings. The van der Waals surface area contributed by atoms with E-state index in [0.717, 1.165) is 5.56 Å². The fourth-order valence-electron chi connectivity index (χ4n) is 1.01. The second-order valence-corrected chi connectivity index (χ2v) is 4.21. The van der Waals surface area contributed by atoms with Crippen LogP contribution >= 0.6 is 7.82 Å². The van der Waals surface area contributed by atoms with E-state index in [4.69, 9.17) is 14.5 Å². The van der Waals surface area contributed by atoms with Crippen molar-refractivity contribution in [3.8, 4) is 0 Å². The number of phosphoric ester groups is 1. The summed E-state index contributed by atoms with van der Waals surface area (Å²) >= 11 is 0. The van der Waals surface area contributed by atoms with Gasteiger partial charge < -0.3 is 14.5 Å². The van der Waals surface area contributed by atoms with Gasteiger partial charge in [-0.05, 0) is 18.6 Å². The van der Waals surface area contributed by atoms with Gasteiger partial charge in [-0.3, -0.25) is 0 Å². The topological polar surface area (TPSA) is 76.0 Å². The van der Waals surface area contributed by atoms with Crippen LogP contribution in [0.25, 0.3) is 6.08 Å². The van der Waals surface area contributed by atoms with Gasteiger partial charge in [-0.15, -0.1) is 0 Å². The van der Waals surface area contributed by atoms with Crippen LogP contribution in [0.1, 0.15) is 12.5 Å². The van der Waals surface area contributed by atoms with Gasteiger partial charge in [0.2, 0.25) is 6.29 Å². The minimum atomic E-state index is -4.49. The molecule has 0 bridgehead atoms. The Morgan fingerprint density at radius 1 is 1.29 bits per heavy atom. The molecule has 17 heavy (non-hydrogen) atoms. The average Bonchev–Trinajstić information content (AvgIpc) is 2.16. The Morgan fingerprint density at radius 3 is 2.41 bits per heavy atom. The molecule has 0 heterocycles. The molecule has 0 spiro atoms. The number of ether oxygens (including phenoxy) is 1. The molecule has 1 aromatic rings. The van der Waals surface area contributed by atoms with Crippen LogP contribution < -0.4 is 0 Å². The summed E-state index contributed by atoms with van der Waals surface area (Å²) in [6.45, 7) is 1.40.